The van der Waals surface area contributed by atoms with Crippen LogP contribution < -0.4 is 11.1 Å². The van der Waals surface area contributed by atoms with Crippen molar-refractivity contribution in [2.75, 3.05) is 7.05 Å². The number of rotatable bonds is 2. The molecule has 3 heteroatoms. The Morgan fingerprint density at radius 2 is 2.00 bits per heavy atom. The first-order valence-corrected chi connectivity index (χ1v) is 3.98. The Morgan fingerprint density at radius 1 is 1.38 bits per heavy atom. The summed E-state index contributed by atoms with van der Waals surface area (Å²) in [4.78, 5) is 10.9. The van der Waals surface area contributed by atoms with Gasteiger partial charge >= 0.3 is 0 Å². The first-order chi connectivity index (χ1) is 6.24. The van der Waals surface area contributed by atoms with Gasteiger partial charge in [0, 0.05) is 18.8 Å². The fourth-order valence-electron chi connectivity index (χ4n) is 0.927. The molecule has 1 aromatic rings. The molecule has 68 valence electrons. The molecule has 0 unspecified atom stereocenters. The van der Waals surface area contributed by atoms with E-state index in [4.69, 9.17) is 5.73 Å². The Hall–Kier alpha value is -1.77. The first-order valence-electron chi connectivity index (χ1n) is 3.98. The van der Waals surface area contributed by atoms with Crippen LogP contribution in [0.25, 0.3) is 5.70 Å². The Balaban J connectivity index is 2.85. The molecule has 0 saturated carbocycles. The second-order valence-corrected chi connectivity index (χ2v) is 2.58. The summed E-state index contributed by atoms with van der Waals surface area (Å²) in [6, 6.07) is 9.36. The van der Waals surface area contributed by atoms with Gasteiger partial charge in [-0.2, -0.15) is 0 Å². The monoisotopic (exact) mass is 176 g/mol. The maximum absolute atomic E-state index is 10.9. The van der Waals surface area contributed by atoms with E-state index in [0.717, 1.165) is 5.56 Å². The minimum atomic E-state index is -0.193. The topological polar surface area (TPSA) is 55.1 Å². The van der Waals surface area contributed by atoms with Crippen LogP contribution in [0.3, 0.4) is 0 Å². The van der Waals surface area contributed by atoms with E-state index in [-0.39, 0.29) is 5.91 Å². The molecule has 3 N–H and O–H groups in total. The molecule has 0 spiro atoms. The predicted molar refractivity (Wildman–Crippen MR) is 52.7 cm³/mol. The highest BCUT2D eigenvalue weighted by Crippen LogP contribution is 2.06. The molecule has 0 aliphatic rings. The van der Waals surface area contributed by atoms with Crippen LogP contribution in [0.5, 0.6) is 0 Å². The van der Waals surface area contributed by atoms with E-state index in [1.54, 1.807) is 7.05 Å². The number of nitrogens with one attached hydrogen (secondary N) is 1. The minimum Gasteiger partial charge on any atom is -0.398 e. The van der Waals surface area contributed by atoms with E-state index >= 15 is 0 Å². The molecule has 0 fully saturated rings. The average Bonchev–Trinajstić information content (AvgIpc) is 2.19. The number of hydrogen-bond acceptors (Lipinski definition) is 2. The summed E-state index contributed by atoms with van der Waals surface area (Å²) < 4.78 is 0. The molecule has 1 aromatic carbocycles. The number of amides is 1. The van der Waals surface area contributed by atoms with Crippen LogP contribution >= 0.6 is 0 Å². The maximum Gasteiger partial charge on any atom is 0.245 e. The van der Waals surface area contributed by atoms with E-state index in [1.807, 2.05) is 30.3 Å². The molecule has 0 bridgehead atoms. The molecule has 0 heterocycles. The van der Waals surface area contributed by atoms with Gasteiger partial charge in [0.1, 0.15) is 0 Å². The highest BCUT2D eigenvalue weighted by atomic mass is 16.1. The Bertz CT molecular complexity index is 317. The van der Waals surface area contributed by atoms with Crippen molar-refractivity contribution < 1.29 is 4.79 Å². The van der Waals surface area contributed by atoms with Crippen LogP contribution in [-0.2, 0) is 4.79 Å². The SMILES string of the molecule is CNC(=O)/C=C(/N)c1ccccc1. The van der Waals surface area contributed by atoms with Crippen LogP contribution in [-0.4, -0.2) is 13.0 Å². The third kappa shape index (κ3) is 2.63. The molecule has 13 heavy (non-hydrogen) atoms. The molecule has 0 saturated heterocycles. The van der Waals surface area contributed by atoms with Gasteiger partial charge in [-0.25, -0.2) is 0 Å². The van der Waals surface area contributed by atoms with Crippen molar-refractivity contribution in [1.82, 2.24) is 5.32 Å². The van der Waals surface area contributed by atoms with Gasteiger partial charge in [0.05, 0.1) is 0 Å². The third-order valence-corrected chi connectivity index (χ3v) is 1.64. The van der Waals surface area contributed by atoms with Crippen molar-refractivity contribution in [3.05, 3.63) is 42.0 Å². The van der Waals surface area contributed by atoms with E-state index in [2.05, 4.69) is 5.32 Å². The zero-order chi connectivity index (χ0) is 9.68. The van der Waals surface area contributed by atoms with E-state index in [1.165, 1.54) is 6.08 Å². The van der Waals surface area contributed by atoms with Gasteiger partial charge in [-0.3, -0.25) is 4.79 Å². The van der Waals surface area contributed by atoms with Gasteiger partial charge in [-0.05, 0) is 5.56 Å². The summed E-state index contributed by atoms with van der Waals surface area (Å²) in [6.45, 7) is 0. The van der Waals surface area contributed by atoms with E-state index < -0.39 is 0 Å². The molecule has 0 atom stereocenters. The van der Waals surface area contributed by atoms with Crippen molar-refractivity contribution in [1.29, 1.82) is 0 Å². The lowest BCUT2D eigenvalue weighted by atomic mass is 10.1. The lowest BCUT2D eigenvalue weighted by Gasteiger charge is -1.99. The zero-order valence-corrected chi connectivity index (χ0v) is 7.45. The van der Waals surface area contributed by atoms with Crippen LogP contribution in [0.15, 0.2) is 36.4 Å². The Labute approximate surface area is 77.3 Å². The van der Waals surface area contributed by atoms with Crippen molar-refractivity contribution in [2.45, 2.75) is 0 Å². The molecular formula is C10H12N2O. The normalized spacial score (nSPS) is 11.0. The zero-order valence-electron chi connectivity index (χ0n) is 7.45. The van der Waals surface area contributed by atoms with Gasteiger partial charge in [0.25, 0.3) is 0 Å². The quantitative estimate of drug-likeness (QED) is 0.653. The Morgan fingerprint density at radius 3 is 2.54 bits per heavy atom. The standard InChI is InChI=1S/C10H12N2O/c1-12-10(13)7-9(11)8-5-3-2-4-6-8/h2-7H,11H2,1H3,(H,12,13)/b9-7+. The predicted octanol–water partition coefficient (Wildman–Crippen LogP) is 0.732. The van der Waals surface area contributed by atoms with Gasteiger partial charge in [0.2, 0.25) is 5.91 Å². The number of likely N-dealkylation sites (N-methyl/N-ethyl adjacent to an activating group) is 1. The smallest absolute Gasteiger partial charge is 0.245 e. The fourth-order valence-corrected chi connectivity index (χ4v) is 0.927. The van der Waals surface area contributed by atoms with Crippen LogP contribution in [0.1, 0.15) is 5.56 Å². The van der Waals surface area contributed by atoms with Crippen molar-refractivity contribution in [3.8, 4) is 0 Å². The second-order valence-electron chi connectivity index (χ2n) is 2.58. The fraction of sp³-hybridized carbons (Fsp3) is 0.100. The van der Waals surface area contributed by atoms with Crippen LogP contribution in [0.4, 0.5) is 0 Å². The van der Waals surface area contributed by atoms with Crippen molar-refractivity contribution >= 4 is 11.6 Å². The lowest BCUT2D eigenvalue weighted by Crippen LogP contribution is -2.16. The summed E-state index contributed by atoms with van der Waals surface area (Å²) in [6.07, 6.45) is 1.37. The van der Waals surface area contributed by atoms with Gasteiger partial charge in [0.15, 0.2) is 0 Å². The molecule has 3 nitrogen and oxygen atoms in total. The lowest BCUT2D eigenvalue weighted by molar-refractivity contribution is -0.116. The summed E-state index contributed by atoms with van der Waals surface area (Å²) in [7, 11) is 1.57. The van der Waals surface area contributed by atoms with Gasteiger partial charge < -0.3 is 11.1 Å². The number of hydrogen-bond donors (Lipinski definition) is 2. The molecule has 1 amide bonds. The van der Waals surface area contributed by atoms with E-state index in [9.17, 15) is 4.79 Å². The summed E-state index contributed by atoms with van der Waals surface area (Å²) >= 11 is 0. The average molecular weight is 176 g/mol. The number of carbonyl (C=O) groups is 1. The molecule has 0 aliphatic heterocycles. The van der Waals surface area contributed by atoms with Gasteiger partial charge in [-0.15, -0.1) is 0 Å². The highest BCUT2D eigenvalue weighted by molar-refractivity contribution is 5.94. The van der Waals surface area contributed by atoms with Crippen molar-refractivity contribution in [3.63, 3.8) is 0 Å². The largest absolute Gasteiger partial charge is 0.398 e. The summed E-state index contributed by atoms with van der Waals surface area (Å²) in [5, 5.41) is 2.47. The molecule has 0 aromatic heterocycles. The Kier molecular flexibility index (Phi) is 3.09. The van der Waals surface area contributed by atoms with Crippen LogP contribution in [0.2, 0.25) is 0 Å². The number of carbonyl (C=O) groups excluding carboxylic acids is 1. The molecule has 0 radical (unpaired) electrons. The maximum atomic E-state index is 10.9. The summed E-state index contributed by atoms with van der Waals surface area (Å²) in [5.74, 6) is -0.193. The van der Waals surface area contributed by atoms with Gasteiger partial charge in [-0.1, -0.05) is 30.3 Å². The first kappa shape index (κ1) is 9.32. The molecular weight excluding hydrogens is 164 g/mol. The number of benzene rings is 1. The van der Waals surface area contributed by atoms with E-state index in [0.29, 0.717) is 5.70 Å². The minimum absolute atomic E-state index is 0.193. The summed E-state index contributed by atoms with van der Waals surface area (Å²) in [5.41, 5.74) is 7.00. The second kappa shape index (κ2) is 4.30. The highest BCUT2D eigenvalue weighted by Gasteiger charge is 1.97. The molecule has 0 aliphatic carbocycles. The van der Waals surface area contributed by atoms with Crippen LogP contribution in [0, 0.1) is 0 Å². The molecule has 1 rings (SSSR count). The number of nitrogens with two attached hydrogens (primary N) is 1. The third-order valence-electron chi connectivity index (χ3n) is 1.64. The van der Waals surface area contributed by atoms with Crippen molar-refractivity contribution in [2.24, 2.45) is 5.73 Å².